The zero-order chi connectivity index (χ0) is 12.1. The second kappa shape index (κ2) is 13.5. The molecule has 0 aromatic heterocycles. The average molecular weight is 247 g/mol. The summed E-state index contributed by atoms with van der Waals surface area (Å²) < 4.78 is 5.40. The highest BCUT2D eigenvalue weighted by atomic mass is 32.2. The van der Waals surface area contributed by atoms with Crippen molar-refractivity contribution in [2.75, 3.05) is 18.8 Å². The molecule has 0 saturated carbocycles. The zero-order valence-electron chi connectivity index (χ0n) is 9.86. The van der Waals surface area contributed by atoms with Crippen LogP contribution in [-0.2, 0) is 4.74 Å². The first-order valence-corrected chi connectivity index (χ1v) is 6.36. The number of ether oxygens (including phenoxy) is 1. The summed E-state index contributed by atoms with van der Waals surface area (Å²) in [5, 5.41) is 0. The van der Waals surface area contributed by atoms with Crippen LogP contribution in [0, 0.1) is 0 Å². The lowest BCUT2D eigenvalue weighted by Crippen LogP contribution is -2.26. The fourth-order valence-electron chi connectivity index (χ4n) is 0.765. The fraction of sp³-hybridized carbons (Fsp3) is 0.545. The van der Waals surface area contributed by atoms with Crippen molar-refractivity contribution in [3.63, 3.8) is 0 Å². The van der Waals surface area contributed by atoms with Crippen LogP contribution in [-0.4, -0.2) is 28.1 Å². The molecular weight excluding hydrogens is 226 g/mol. The van der Waals surface area contributed by atoms with E-state index in [9.17, 15) is 0 Å². The van der Waals surface area contributed by atoms with E-state index in [0.717, 1.165) is 23.2 Å². The Bertz CT molecular complexity index is 173. The summed E-state index contributed by atoms with van der Waals surface area (Å²) in [5.74, 6) is 1.08. The SMILES string of the molecule is C=COC=C.CCSC(=S)N(CC)CC. The Labute approximate surface area is 103 Å². The molecule has 0 amide bonds. The Balaban J connectivity index is 0. The Morgan fingerprint density at radius 3 is 1.93 bits per heavy atom. The number of nitrogens with zero attached hydrogens (tertiary/aromatic N) is 1. The van der Waals surface area contributed by atoms with Crippen LogP contribution in [0.2, 0.25) is 0 Å². The van der Waals surface area contributed by atoms with Crippen molar-refractivity contribution >= 4 is 28.3 Å². The predicted molar refractivity (Wildman–Crippen MR) is 75.1 cm³/mol. The van der Waals surface area contributed by atoms with Crippen LogP contribution in [0.5, 0.6) is 0 Å². The fourth-order valence-corrected chi connectivity index (χ4v) is 2.06. The van der Waals surface area contributed by atoms with Gasteiger partial charge in [-0.3, -0.25) is 0 Å². The molecule has 0 saturated heterocycles. The van der Waals surface area contributed by atoms with Crippen LogP contribution in [0.4, 0.5) is 0 Å². The average Bonchev–Trinajstić information content (AvgIpc) is 2.22. The van der Waals surface area contributed by atoms with Crippen molar-refractivity contribution in [2.45, 2.75) is 20.8 Å². The Morgan fingerprint density at radius 1 is 1.27 bits per heavy atom. The Kier molecular flexibility index (Phi) is 15.3. The molecule has 88 valence electrons. The van der Waals surface area contributed by atoms with Crippen LogP contribution < -0.4 is 0 Å². The summed E-state index contributed by atoms with van der Waals surface area (Å²) in [7, 11) is 0. The van der Waals surface area contributed by atoms with Gasteiger partial charge in [-0.25, -0.2) is 0 Å². The van der Waals surface area contributed by atoms with Crippen LogP contribution in [0.15, 0.2) is 25.7 Å². The first-order valence-electron chi connectivity index (χ1n) is 4.96. The van der Waals surface area contributed by atoms with E-state index in [-0.39, 0.29) is 0 Å². The lowest BCUT2D eigenvalue weighted by atomic mass is 10.6. The molecule has 0 aliphatic heterocycles. The van der Waals surface area contributed by atoms with Gasteiger partial charge in [-0.15, -0.1) is 0 Å². The molecule has 0 unspecified atom stereocenters. The maximum absolute atomic E-state index is 5.16. The minimum absolute atomic E-state index is 1.03. The molecule has 0 rings (SSSR count). The third-order valence-corrected chi connectivity index (χ3v) is 2.89. The van der Waals surface area contributed by atoms with Crippen LogP contribution in [0.3, 0.4) is 0 Å². The molecule has 0 spiro atoms. The van der Waals surface area contributed by atoms with Gasteiger partial charge in [0.2, 0.25) is 0 Å². The lowest BCUT2D eigenvalue weighted by Gasteiger charge is -2.20. The minimum atomic E-state index is 1.03. The molecule has 0 aromatic carbocycles. The Morgan fingerprint density at radius 2 is 1.73 bits per heavy atom. The van der Waals surface area contributed by atoms with Gasteiger partial charge in [0.25, 0.3) is 0 Å². The van der Waals surface area contributed by atoms with Gasteiger partial charge in [-0.2, -0.15) is 0 Å². The molecule has 4 heteroatoms. The van der Waals surface area contributed by atoms with Crippen molar-refractivity contribution < 1.29 is 4.74 Å². The molecule has 0 aliphatic carbocycles. The van der Waals surface area contributed by atoms with Crippen molar-refractivity contribution in [3.05, 3.63) is 25.7 Å². The third kappa shape index (κ3) is 11.4. The summed E-state index contributed by atoms with van der Waals surface area (Å²) >= 11 is 6.91. The smallest absolute Gasteiger partial charge is 0.136 e. The van der Waals surface area contributed by atoms with Gasteiger partial charge >= 0.3 is 0 Å². The molecule has 0 N–H and O–H groups in total. The highest BCUT2D eigenvalue weighted by Gasteiger charge is 2.02. The molecule has 0 aliphatic rings. The molecular formula is C11H21NOS2. The highest BCUT2D eigenvalue weighted by molar-refractivity contribution is 8.22. The van der Waals surface area contributed by atoms with Crippen molar-refractivity contribution in [1.29, 1.82) is 0 Å². The van der Waals surface area contributed by atoms with Gasteiger partial charge in [-0.1, -0.05) is 44.1 Å². The quantitative estimate of drug-likeness (QED) is 0.543. The van der Waals surface area contributed by atoms with Crippen LogP contribution in [0.1, 0.15) is 20.8 Å². The van der Waals surface area contributed by atoms with Crippen molar-refractivity contribution in [2.24, 2.45) is 0 Å². The molecule has 0 fully saturated rings. The maximum Gasteiger partial charge on any atom is 0.136 e. The lowest BCUT2D eigenvalue weighted by molar-refractivity contribution is 0.406. The van der Waals surface area contributed by atoms with E-state index < -0.39 is 0 Å². The van der Waals surface area contributed by atoms with Gasteiger partial charge < -0.3 is 9.64 Å². The number of hydrogen-bond donors (Lipinski definition) is 0. The highest BCUT2D eigenvalue weighted by Crippen LogP contribution is 2.07. The summed E-state index contributed by atoms with van der Waals surface area (Å²) in [6.45, 7) is 15.0. The summed E-state index contributed by atoms with van der Waals surface area (Å²) in [4.78, 5) is 2.20. The number of thiocarbonyl (C=S) groups is 1. The summed E-state index contributed by atoms with van der Waals surface area (Å²) in [6.07, 6.45) is 2.62. The second-order valence-electron chi connectivity index (χ2n) is 2.34. The number of thioether (sulfide) groups is 1. The van der Waals surface area contributed by atoms with Crippen molar-refractivity contribution in [1.82, 2.24) is 4.90 Å². The first kappa shape index (κ1) is 16.9. The first-order chi connectivity index (χ1) is 7.17. The second-order valence-corrected chi connectivity index (χ2v) is 4.24. The van der Waals surface area contributed by atoms with E-state index in [4.69, 9.17) is 12.2 Å². The summed E-state index contributed by atoms with van der Waals surface area (Å²) in [6, 6.07) is 0. The summed E-state index contributed by atoms with van der Waals surface area (Å²) in [5.41, 5.74) is 0. The predicted octanol–water partition coefficient (Wildman–Crippen LogP) is 3.66. The van der Waals surface area contributed by atoms with E-state index in [0.29, 0.717) is 0 Å². The van der Waals surface area contributed by atoms with Gasteiger partial charge in [-0.05, 0) is 19.6 Å². The molecule has 2 nitrogen and oxygen atoms in total. The van der Waals surface area contributed by atoms with E-state index in [1.165, 1.54) is 12.5 Å². The molecule has 0 heterocycles. The Hall–Kier alpha value is -0.480. The van der Waals surface area contributed by atoms with E-state index in [2.05, 4.69) is 43.6 Å². The normalized spacial score (nSPS) is 8.20. The standard InChI is InChI=1S/C7H15NS2.C4H6O/c1-4-8(5-2)7(9)10-6-3;1-3-5-4-2/h4-6H2,1-3H3;3-4H,1-2H2. The van der Waals surface area contributed by atoms with Crippen molar-refractivity contribution in [3.8, 4) is 0 Å². The monoisotopic (exact) mass is 247 g/mol. The van der Waals surface area contributed by atoms with Crippen LogP contribution in [0.25, 0.3) is 0 Å². The number of hydrogen-bond acceptors (Lipinski definition) is 3. The van der Waals surface area contributed by atoms with Gasteiger partial charge in [0, 0.05) is 13.1 Å². The molecule has 15 heavy (non-hydrogen) atoms. The minimum Gasteiger partial charge on any atom is -0.474 e. The molecule has 0 aromatic rings. The third-order valence-electron chi connectivity index (χ3n) is 1.48. The topological polar surface area (TPSA) is 12.5 Å². The van der Waals surface area contributed by atoms with Gasteiger partial charge in [0.15, 0.2) is 0 Å². The molecule has 0 atom stereocenters. The number of rotatable bonds is 5. The van der Waals surface area contributed by atoms with Crippen LogP contribution >= 0.6 is 24.0 Å². The zero-order valence-corrected chi connectivity index (χ0v) is 11.5. The van der Waals surface area contributed by atoms with E-state index in [1.54, 1.807) is 11.8 Å². The molecule has 0 bridgehead atoms. The van der Waals surface area contributed by atoms with Gasteiger partial charge in [0.05, 0.1) is 12.5 Å². The van der Waals surface area contributed by atoms with E-state index in [1.807, 2.05) is 0 Å². The largest absolute Gasteiger partial charge is 0.474 e. The molecule has 0 radical (unpaired) electrons. The van der Waals surface area contributed by atoms with E-state index >= 15 is 0 Å². The van der Waals surface area contributed by atoms with Gasteiger partial charge in [0.1, 0.15) is 4.32 Å². The maximum atomic E-state index is 5.16.